The van der Waals surface area contributed by atoms with Gasteiger partial charge in [-0.2, -0.15) is 0 Å². The monoisotopic (exact) mass is 145 g/mol. The maximum absolute atomic E-state index is 5.73. The van der Waals surface area contributed by atoms with Gasteiger partial charge in [0.1, 0.15) is 0 Å². The Kier molecular flexibility index (Phi) is 5.58. The van der Waals surface area contributed by atoms with E-state index in [1.165, 1.54) is 0 Å². The van der Waals surface area contributed by atoms with Gasteiger partial charge in [0.25, 0.3) is 0 Å². The van der Waals surface area contributed by atoms with Crippen molar-refractivity contribution >= 4 is 0 Å². The molecule has 0 rings (SSSR count). The third kappa shape index (κ3) is 6.01. The molecular weight excluding hydrogens is 126 g/mol. The molecule has 0 aromatic carbocycles. The molecule has 4 N–H and O–H groups in total. The van der Waals surface area contributed by atoms with Crippen LogP contribution in [0.1, 0.15) is 12.8 Å². The molecule has 0 aromatic heterocycles. The van der Waals surface area contributed by atoms with Gasteiger partial charge in [-0.25, -0.2) is 0 Å². The van der Waals surface area contributed by atoms with Gasteiger partial charge in [0.15, 0.2) is 0 Å². The number of hydrogen-bond donors (Lipinski definition) is 2. The summed E-state index contributed by atoms with van der Waals surface area (Å²) < 4.78 is 0. The summed E-state index contributed by atoms with van der Waals surface area (Å²) in [5.41, 5.74) is 11.1. The standard InChI is InChI=1S/C7H19N3/c1-10(2)6-4-7(9)3-5-8/h7H,3-6,8-9H2,1-2H3. The first kappa shape index (κ1) is 9.88. The quantitative estimate of drug-likeness (QED) is 0.554. The van der Waals surface area contributed by atoms with Crippen molar-refractivity contribution in [2.45, 2.75) is 18.9 Å². The molecule has 10 heavy (non-hydrogen) atoms. The van der Waals surface area contributed by atoms with Crippen LogP contribution in [-0.2, 0) is 0 Å². The van der Waals surface area contributed by atoms with E-state index in [2.05, 4.69) is 19.0 Å². The zero-order valence-electron chi connectivity index (χ0n) is 7.01. The van der Waals surface area contributed by atoms with Crippen LogP contribution in [0, 0.1) is 0 Å². The molecule has 0 aliphatic carbocycles. The Labute approximate surface area is 63.4 Å². The van der Waals surface area contributed by atoms with E-state index in [4.69, 9.17) is 11.5 Å². The number of nitrogens with zero attached hydrogens (tertiary/aromatic N) is 1. The highest BCUT2D eigenvalue weighted by Gasteiger charge is 2.00. The van der Waals surface area contributed by atoms with Gasteiger partial charge >= 0.3 is 0 Å². The van der Waals surface area contributed by atoms with Crippen molar-refractivity contribution in [1.29, 1.82) is 0 Å². The smallest absolute Gasteiger partial charge is 0.00630 e. The Morgan fingerprint density at radius 2 is 1.90 bits per heavy atom. The highest BCUT2D eigenvalue weighted by molar-refractivity contribution is 4.62. The minimum absolute atomic E-state index is 0.285. The maximum Gasteiger partial charge on any atom is 0.00630 e. The fraction of sp³-hybridized carbons (Fsp3) is 1.00. The fourth-order valence-corrected chi connectivity index (χ4v) is 0.782. The van der Waals surface area contributed by atoms with Gasteiger partial charge in [-0.1, -0.05) is 0 Å². The molecule has 0 saturated carbocycles. The molecule has 0 radical (unpaired) electrons. The molecule has 0 bridgehead atoms. The largest absolute Gasteiger partial charge is 0.330 e. The summed E-state index contributed by atoms with van der Waals surface area (Å²) in [7, 11) is 4.10. The van der Waals surface area contributed by atoms with Gasteiger partial charge in [0, 0.05) is 6.04 Å². The molecule has 3 nitrogen and oxygen atoms in total. The molecule has 0 amide bonds. The lowest BCUT2D eigenvalue weighted by Crippen LogP contribution is -2.28. The molecule has 0 heterocycles. The molecule has 0 fully saturated rings. The van der Waals surface area contributed by atoms with Crippen molar-refractivity contribution in [3.63, 3.8) is 0 Å². The molecule has 0 aliphatic rings. The molecule has 1 atom stereocenters. The molecule has 1 unspecified atom stereocenters. The van der Waals surface area contributed by atoms with E-state index >= 15 is 0 Å². The van der Waals surface area contributed by atoms with E-state index in [0.29, 0.717) is 6.54 Å². The van der Waals surface area contributed by atoms with Crippen LogP contribution in [0.2, 0.25) is 0 Å². The van der Waals surface area contributed by atoms with Crippen molar-refractivity contribution in [2.24, 2.45) is 11.5 Å². The van der Waals surface area contributed by atoms with E-state index in [-0.39, 0.29) is 6.04 Å². The van der Waals surface area contributed by atoms with Crippen LogP contribution in [-0.4, -0.2) is 38.1 Å². The van der Waals surface area contributed by atoms with E-state index in [1.54, 1.807) is 0 Å². The van der Waals surface area contributed by atoms with Gasteiger partial charge in [-0.15, -0.1) is 0 Å². The molecule has 3 heteroatoms. The summed E-state index contributed by atoms with van der Waals surface area (Å²) in [5, 5.41) is 0. The van der Waals surface area contributed by atoms with E-state index in [1.807, 2.05) is 0 Å². The first-order valence-electron chi connectivity index (χ1n) is 3.77. The predicted molar refractivity (Wildman–Crippen MR) is 44.8 cm³/mol. The van der Waals surface area contributed by atoms with Crippen molar-refractivity contribution in [3.05, 3.63) is 0 Å². The second kappa shape index (κ2) is 5.65. The third-order valence-corrected chi connectivity index (χ3v) is 1.48. The zero-order chi connectivity index (χ0) is 7.98. The van der Waals surface area contributed by atoms with Crippen molar-refractivity contribution in [1.82, 2.24) is 4.90 Å². The van der Waals surface area contributed by atoms with Crippen LogP contribution < -0.4 is 11.5 Å². The highest BCUT2D eigenvalue weighted by Crippen LogP contribution is 1.93. The second-order valence-electron chi connectivity index (χ2n) is 2.93. The summed E-state index contributed by atoms with van der Waals surface area (Å²) >= 11 is 0. The van der Waals surface area contributed by atoms with E-state index in [9.17, 15) is 0 Å². The number of nitrogens with two attached hydrogens (primary N) is 2. The predicted octanol–water partition coefficient (Wildman–Crippen LogP) is -0.386. The molecule has 0 spiro atoms. The third-order valence-electron chi connectivity index (χ3n) is 1.48. The topological polar surface area (TPSA) is 55.3 Å². The molecule has 0 aromatic rings. The Morgan fingerprint density at radius 3 is 2.30 bits per heavy atom. The van der Waals surface area contributed by atoms with Crippen LogP contribution in [0.5, 0.6) is 0 Å². The first-order chi connectivity index (χ1) is 4.66. The van der Waals surface area contributed by atoms with Crippen molar-refractivity contribution < 1.29 is 0 Å². The average molecular weight is 145 g/mol. The van der Waals surface area contributed by atoms with Crippen LogP contribution >= 0.6 is 0 Å². The maximum atomic E-state index is 5.73. The lowest BCUT2D eigenvalue weighted by atomic mass is 10.1. The summed E-state index contributed by atoms with van der Waals surface area (Å²) in [6.45, 7) is 1.76. The lowest BCUT2D eigenvalue weighted by Gasteiger charge is -2.13. The Balaban J connectivity index is 3.12. The Morgan fingerprint density at radius 1 is 1.30 bits per heavy atom. The van der Waals surface area contributed by atoms with Crippen LogP contribution in [0.3, 0.4) is 0 Å². The van der Waals surface area contributed by atoms with Crippen LogP contribution in [0.25, 0.3) is 0 Å². The Bertz CT molecular complexity index is 73.3. The number of rotatable bonds is 5. The first-order valence-corrected chi connectivity index (χ1v) is 3.77. The SMILES string of the molecule is CN(C)CCC(N)CCN. The highest BCUT2D eigenvalue weighted by atomic mass is 15.0. The molecule has 62 valence electrons. The van der Waals surface area contributed by atoms with Gasteiger partial charge in [0.05, 0.1) is 0 Å². The minimum atomic E-state index is 0.285. The normalized spacial score (nSPS) is 14.1. The van der Waals surface area contributed by atoms with Crippen molar-refractivity contribution in [3.8, 4) is 0 Å². The van der Waals surface area contributed by atoms with Gasteiger partial charge in [-0.05, 0) is 40.0 Å². The lowest BCUT2D eigenvalue weighted by molar-refractivity contribution is 0.376. The second-order valence-corrected chi connectivity index (χ2v) is 2.93. The van der Waals surface area contributed by atoms with Crippen molar-refractivity contribution in [2.75, 3.05) is 27.2 Å². The van der Waals surface area contributed by atoms with Gasteiger partial charge in [0.2, 0.25) is 0 Å². The average Bonchev–Trinajstić information content (AvgIpc) is 1.85. The van der Waals surface area contributed by atoms with Crippen LogP contribution in [0.15, 0.2) is 0 Å². The van der Waals surface area contributed by atoms with Gasteiger partial charge < -0.3 is 16.4 Å². The molecule has 0 saturated heterocycles. The number of hydrogen-bond acceptors (Lipinski definition) is 3. The zero-order valence-corrected chi connectivity index (χ0v) is 7.01. The summed E-state index contributed by atoms with van der Waals surface area (Å²) in [6, 6.07) is 0.285. The molecular formula is C7H19N3. The minimum Gasteiger partial charge on any atom is -0.330 e. The van der Waals surface area contributed by atoms with E-state index < -0.39 is 0 Å². The van der Waals surface area contributed by atoms with Crippen LogP contribution in [0.4, 0.5) is 0 Å². The van der Waals surface area contributed by atoms with E-state index in [0.717, 1.165) is 19.4 Å². The molecule has 0 aliphatic heterocycles. The summed E-state index contributed by atoms with van der Waals surface area (Å²) in [6.07, 6.45) is 1.98. The summed E-state index contributed by atoms with van der Waals surface area (Å²) in [5.74, 6) is 0. The van der Waals surface area contributed by atoms with Gasteiger partial charge in [-0.3, -0.25) is 0 Å². The fourth-order valence-electron chi connectivity index (χ4n) is 0.782. The Hall–Kier alpha value is -0.120. The summed E-state index contributed by atoms with van der Waals surface area (Å²) in [4.78, 5) is 2.14.